The Labute approximate surface area is 128 Å². The maximum Gasteiger partial charge on any atom is 0.240 e. The summed E-state index contributed by atoms with van der Waals surface area (Å²) in [6.07, 6.45) is 2.94. The summed E-state index contributed by atoms with van der Waals surface area (Å²) in [6.45, 7) is 5.24. The standard InChI is InChI=1S/C14H22N2O2S.ClH/c1-2-10-16-11-8-13(9-12-16)15-19(17,18)14-6-4-3-5-7-14;/h3-7,13,15H,2,8-12H2,1H3;1H. The number of hydrogen-bond donors (Lipinski definition) is 1. The zero-order chi connectivity index (χ0) is 13.7. The Hall–Kier alpha value is -0.620. The molecule has 6 heteroatoms. The highest BCUT2D eigenvalue weighted by atomic mass is 35.5. The molecule has 0 spiro atoms. The van der Waals surface area contributed by atoms with Gasteiger partial charge in [0.15, 0.2) is 0 Å². The first-order valence-electron chi connectivity index (χ1n) is 6.91. The van der Waals surface area contributed by atoms with Crippen molar-refractivity contribution in [2.75, 3.05) is 19.6 Å². The molecule has 0 bridgehead atoms. The molecule has 0 aliphatic carbocycles. The maximum atomic E-state index is 12.2. The summed E-state index contributed by atoms with van der Waals surface area (Å²) in [5, 5.41) is 0. The highest BCUT2D eigenvalue weighted by molar-refractivity contribution is 7.89. The fraction of sp³-hybridized carbons (Fsp3) is 0.571. The largest absolute Gasteiger partial charge is 0.303 e. The topological polar surface area (TPSA) is 49.4 Å². The Bertz CT molecular complexity index is 485. The van der Waals surface area contributed by atoms with Crippen LogP contribution in [0.2, 0.25) is 0 Å². The third-order valence-corrected chi connectivity index (χ3v) is 5.04. The summed E-state index contributed by atoms with van der Waals surface area (Å²) in [7, 11) is -3.36. The average molecular weight is 319 g/mol. The normalized spacial score (nSPS) is 17.6. The molecule has 1 aromatic carbocycles. The highest BCUT2D eigenvalue weighted by Crippen LogP contribution is 2.14. The van der Waals surface area contributed by atoms with Crippen molar-refractivity contribution < 1.29 is 8.42 Å². The van der Waals surface area contributed by atoms with Crippen LogP contribution < -0.4 is 4.72 Å². The number of piperidine rings is 1. The zero-order valence-corrected chi connectivity index (χ0v) is 13.4. The van der Waals surface area contributed by atoms with E-state index in [1.54, 1.807) is 24.3 Å². The van der Waals surface area contributed by atoms with Gasteiger partial charge in [0.25, 0.3) is 0 Å². The average Bonchev–Trinajstić information content (AvgIpc) is 2.42. The van der Waals surface area contributed by atoms with Gasteiger partial charge in [0.2, 0.25) is 10.0 Å². The Kier molecular flexibility index (Phi) is 6.95. The second-order valence-electron chi connectivity index (χ2n) is 5.05. The molecule has 1 heterocycles. The van der Waals surface area contributed by atoms with Gasteiger partial charge in [-0.3, -0.25) is 0 Å². The van der Waals surface area contributed by atoms with Crippen LogP contribution in [0, 0.1) is 0 Å². The quantitative estimate of drug-likeness (QED) is 0.906. The molecule has 4 nitrogen and oxygen atoms in total. The molecule has 114 valence electrons. The van der Waals surface area contributed by atoms with Crippen LogP contribution in [0.3, 0.4) is 0 Å². The van der Waals surface area contributed by atoms with Gasteiger partial charge in [-0.1, -0.05) is 25.1 Å². The van der Waals surface area contributed by atoms with Crippen molar-refractivity contribution in [1.29, 1.82) is 0 Å². The maximum absolute atomic E-state index is 12.2. The van der Waals surface area contributed by atoms with E-state index in [9.17, 15) is 8.42 Å². The number of likely N-dealkylation sites (tertiary alicyclic amines) is 1. The van der Waals surface area contributed by atoms with Crippen LogP contribution in [-0.4, -0.2) is 39.0 Å². The van der Waals surface area contributed by atoms with Crippen LogP contribution in [0.5, 0.6) is 0 Å². The van der Waals surface area contributed by atoms with Crippen molar-refractivity contribution in [2.24, 2.45) is 0 Å². The lowest BCUT2D eigenvalue weighted by Gasteiger charge is -2.31. The summed E-state index contributed by atoms with van der Waals surface area (Å²) >= 11 is 0. The van der Waals surface area contributed by atoms with Gasteiger partial charge >= 0.3 is 0 Å². The van der Waals surface area contributed by atoms with Crippen LogP contribution in [-0.2, 0) is 10.0 Å². The summed E-state index contributed by atoms with van der Waals surface area (Å²) in [4.78, 5) is 2.75. The minimum atomic E-state index is -3.36. The predicted molar refractivity (Wildman–Crippen MR) is 83.8 cm³/mol. The molecule has 1 saturated heterocycles. The number of benzene rings is 1. The SMILES string of the molecule is CCCN1CCC(NS(=O)(=O)c2ccccc2)CC1.Cl. The Morgan fingerprint density at radius 3 is 2.35 bits per heavy atom. The number of hydrogen-bond acceptors (Lipinski definition) is 3. The van der Waals surface area contributed by atoms with E-state index < -0.39 is 10.0 Å². The third-order valence-electron chi connectivity index (χ3n) is 3.50. The van der Waals surface area contributed by atoms with E-state index >= 15 is 0 Å². The molecule has 1 aliphatic rings. The molecule has 2 rings (SSSR count). The van der Waals surface area contributed by atoms with Gasteiger partial charge in [-0.25, -0.2) is 13.1 Å². The Morgan fingerprint density at radius 1 is 1.20 bits per heavy atom. The van der Waals surface area contributed by atoms with Gasteiger partial charge in [-0.05, 0) is 51.0 Å². The van der Waals surface area contributed by atoms with Gasteiger partial charge in [0, 0.05) is 6.04 Å². The van der Waals surface area contributed by atoms with Crippen LogP contribution in [0.15, 0.2) is 35.2 Å². The molecule has 1 fully saturated rings. The van der Waals surface area contributed by atoms with Crippen LogP contribution in [0.4, 0.5) is 0 Å². The molecule has 0 amide bonds. The van der Waals surface area contributed by atoms with E-state index in [1.165, 1.54) is 0 Å². The first-order valence-corrected chi connectivity index (χ1v) is 8.40. The molecule has 0 atom stereocenters. The fourth-order valence-electron chi connectivity index (χ4n) is 2.48. The summed E-state index contributed by atoms with van der Waals surface area (Å²) < 4.78 is 27.2. The summed E-state index contributed by atoms with van der Waals surface area (Å²) in [6, 6.07) is 8.65. The molecule has 0 unspecified atom stereocenters. The van der Waals surface area contributed by atoms with Crippen molar-refractivity contribution >= 4 is 22.4 Å². The molecular weight excluding hydrogens is 296 g/mol. The first-order chi connectivity index (χ1) is 9.12. The Morgan fingerprint density at radius 2 is 1.80 bits per heavy atom. The Balaban J connectivity index is 0.00000200. The van der Waals surface area contributed by atoms with Crippen molar-refractivity contribution in [2.45, 2.75) is 37.1 Å². The van der Waals surface area contributed by atoms with Crippen molar-refractivity contribution in [3.05, 3.63) is 30.3 Å². The van der Waals surface area contributed by atoms with Crippen molar-refractivity contribution in [1.82, 2.24) is 9.62 Å². The number of halogens is 1. The van der Waals surface area contributed by atoms with Crippen LogP contribution in [0.1, 0.15) is 26.2 Å². The molecule has 1 N–H and O–H groups in total. The van der Waals surface area contributed by atoms with E-state index in [0.29, 0.717) is 4.90 Å². The lowest BCUT2D eigenvalue weighted by molar-refractivity contribution is 0.208. The zero-order valence-electron chi connectivity index (χ0n) is 11.8. The van der Waals surface area contributed by atoms with Gasteiger partial charge in [-0.15, -0.1) is 12.4 Å². The smallest absolute Gasteiger partial charge is 0.240 e. The highest BCUT2D eigenvalue weighted by Gasteiger charge is 2.23. The number of nitrogens with one attached hydrogen (secondary N) is 1. The number of rotatable bonds is 5. The molecule has 0 aromatic heterocycles. The number of sulfonamides is 1. The lowest BCUT2D eigenvalue weighted by Crippen LogP contribution is -2.44. The summed E-state index contributed by atoms with van der Waals surface area (Å²) in [5.74, 6) is 0. The van der Waals surface area contributed by atoms with Crippen LogP contribution >= 0.6 is 12.4 Å². The monoisotopic (exact) mass is 318 g/mol. The number of nitrogens with zero attached hydrogens (tertiary/aromatic N) is 1. The predicted octanol–water partition coefficient (Wildman–Crippen LogP) is 2.26. The molecular formula is C14H23ClN2O2S. The van der Waals surface area contributed by atoms with E-state index in [2.05, 4.69) is 16.5 Å². The second kappa shape index (κ2) is 7.98. The third kappa shape index (κ3) is 4.74. The fourth-order valence-corrected chi connectivity index (χ4v) is 3.80. The van der Waals surface area contributed by atoms with E-state index in [1.807, 2.05) is 6.07 Å². The lowest BCUT2D eigenvalue weighted by atomic mass is 10.1. The van der Waals surface area contributed by atoms with Gasteiger partial charge in [0.1, 0.15) is 0 Å². The minimum absolute atomic E-state index is 0. The van der Waals surface area contributed by atoms with Crippen molar-refractivity contribution in [3.63, 3.8) is 0 Å². The van der Waals surface area contributed by atoms with E-state index in [0.717, 1.165) is 38.9 Å². The van der Waals surface area contributed by atoms with Gasteiger partial charge in [-0.2, -0.15) is 0 Å². The van der Waals surface area contributed by atoms with E-state index in [-0.39, 0.29) is 18.4 Å². The molecule has 0 radical (unpaired) electrons. The molecule has 1 aromatic rings. The molecule has 0 saturated carbocycles. The van der Waals surface area contributed by atoms with Crippen LogP contribution in [0.25, 0.3) is 0 Å². The second-order valence-corrected chi connectivity index (χ2v) is 6.76. The van der Waals surface area contributed by atoms with E-state index in [4.69, 9.17) is 0 Å². The first kappa shape index (κ1) is 17.4. The van der Waals surface area contributed by atoms with Gasteiger partial charge < -0.3 is 4.90 Å². The van der Waals surface area contributed by atoms with Crippen molar-refractivity contribution in [3.8, 4) is 0 Å². The molecule has 20 heavy (non-hydrogen) atoms. The summed E-state index contributed by atoms with van der Waals surface area (Å²) in [5.41, 5.74) is 0. The molecule has 1 aliphatic heterocycles. The van der Waals surface area contributed by atoms with Gasteiger partial charge in [0.05, 0.1) is 4.90 Å². The minimum Gasteiger partial charge on any atom is -0.303 e.